The minimum Gasteiger partial charge on any atom is -0.309 e. The van der Waals surface area contributed by atoms with Crippen LogP contribution in [0.25, 0.3) is 82.7 Å². The van der Waals surface area contributed by atoms with Crippen LogP contribution in [0.4, 0.5) is 0 Å². The normalized spacial score (nSPS) is 11.6. The van der Waals surface area contributed by atoms with Gasteiger partial charge in [0.1, 0.15) is 0 Å². The van der Waals surface area contributed by atoms with Gasteiger partial charge < -0.3 is 15.4 Å². The zero-order chi connectivity index (χ0) is 36.7. The van der Waals surface area contributed by atoms with Crippen LogP contribution in [-0.2, 0) is 0 Å². The van der Waals surface area contributed by atoms with Crippen LogP contribution in [0.15, 0.2) is 206 Å². The fourth-order valence-corrected chi connectivity index (χ4v) is 7.94. The van der Waals surface area contributed by atoms with Crippen LogP contribution in [0.3, 0.4) is 0 Å². The summed E-state index contributed by atoms with van der Waals surface area (Å²) in [4.78, 5) is 0. The Kier molecular flexibility index (Phi) is 7.93. The molecule has 2 heterocycles. The molecule has 8 aromatic carbocycles. The lowest BCUT2D eigenvalue weighted by molar-refractivity contribution is 1.05. The second-order valence-electron chi connectivity index (χ2n) is 13.9. The lowest BCUT2D eigenvalue weighted by atomic mass is 9.98. The zero-order valence-electron chi connectivity index (χ0n) is 30.0. The SMILES string of the molecule is N=C(/C=C\Nn1c2ccccc2c2ccc(-c3ccc4c(c3)c3ccccc3n4-c3ccccc3)cc21)c1cccc(-c2ccc(-c3ccccc3)cc2)c1. The maximum atomic E-state index is 8.98. The highest BCUT2D eigenvalue weighted by atomic mass is 15.4. The van der Waals surface area contributed by atoms with E-state index in [4.69, 9.17) is 5.41 Å². The average Bonchev–Trinajstić information content (AvgIpc) is 3.76. The van der Waals surface area contributed by atoms with Gasteiger partial charge >= 0.3 is 0 Å². The zero-order valence-corrected chi connectivity index (χ0v) is 30.0. The van der Waals surface area contributed by atoms with Gasteiger partial charge in [0.05, 0.1) is 27.8 Å². The molecule has 0 spiro atoms. The van der Waals surface area contributed by atoms with E-state index in [2.05, 4.69) is 191 Å². The Morgan fingerprint density at radius 2 is 0.927 bits per heavy atom. The number of benzene rings is 8. The van der Waals surface area contributed by atoms with Gasteiger partial charge in [-0.05, 0) is 88.0 Å². The summed E-state index contributed by atoms with van der Waals surface area (Å²) in [6.07, 6.45) is 3.70. The van der Waals surface area contributed by atoms with Gasteiger partial charge in [0.25, 0.3) is 0 Å². The monoisotopic (exact) mass is 704 g/mol. The van der Waals surface area contributed by atoms with E-state index in [0.29, 0.717) is 5.71 Å². The molecule has 0 radical (unpaired) electrons. The van der Waals surface area contributed by atoms with E-state index in [9.17, 15) is 0 Å². The maximum Gasteiger partial charge on any atom is 0.0715 e. The largest absolute Gasteiger partial charge is 0.309 e. The van der Waals surface area contributed by atoms with Crippen molar-refractivity contribution in [3.8, 4) is 39.1 Å². The van der Waals surface area contributed by atoms with Crippen molar-refractivity contribution in [3.63, 3.8) is 0 Å². The van der Waals surface area contributed by atoms with Crippen LogP contribution in [0.2, 0.25) is 0 Å². The van der Waals surface area contributed by atoms with Crippen molar-refractivity contribution in [3.05, 3.63) is 212 Å². The molecule has 10 aromatic rings. The Morgan fingerprint density at radius 3 is 1.71 bits per heavy atom. The van der Waals surface area contributed by atoms with Crippen LogP contribution >= 0.6 is 0 Å². The minimum absolute atomic E-state index is 0.430. The Labute approximate surface area is 319 Å². The second kappa shape index (κ2) is 13.5. The fraction of sp³-hybridized carbons (Fsp3) is 0. The molecule has 0 atom stereocenters. The van der Waals surface area contributed by atoms with E-state index in [-0.39, 0.29) is 0 Å². The van der Waals surface area contributed by atoms with E-state index in [0.717, 1.165) is 44.5 Å². The summed E-state index contributed by atoms with van der Waals surface area (Å²) in [5.74, 6) is 0. The first-order valence-corrected chi connectivity index (χ1v) is 18.6. The third kappa shape index (κ3) is 5.77. The van der Waals surface area contributed by atoms with E-state index < -0.39 is 0 Å². The number of allylic oxidation sites excluding steroid dienone is 1. The minimum atomic E-state index is 0.430. The van der Waals surface area contributed by atoms with Gasteiger partial charge in [-0.3, -0.25) is 4.68 Å². The van der Waals surface area contributed by atoms with Gasteiger partial charge in [-0.15, -0.1) is 0 Å². The van der Waals surface area contributed by atoms with Crippen LogP contribution in [0.5, 0.6) is 0 Å². The van der Waals surface area contributed by atoms with Crippen molar-refractivity contribution in [1.29, 1.82) is 5.41 Å². The van der Waals surface area contributed by atoms with E-state index >= 15 is 0 Å². The summed E-state index contributed by atoms with van der Waals surface area (Å²) in [5.41, 5.74) is 17.4. The summed E-state index contributed by atoms with van der Waals surface area (Å²) < 4.78 is 4.48. The quantitative estimate of drug-likeness (QED) is 0.152. The summed E-state index contributed by atoms with van der Waals surface area (Å²) in [5, 5.41) is 13.8. The third-order valence-corrected chi connectivity index (χ3v) is 10.6. The molecule has 0 aliphatic rings. The number of hydrogen-bond acceptors (Lipinski definition) is 2. The molecule has 260 valence electrons. The summed E-state index contributed by atoms with van der Waals surface area (Å²) in [6.45, 7) is 0. The molecule has 2 N–H and O–H groups in total. The highest BCUT2D eigenvalue weighted by Crippen LogP contribution is 2.37. The van der Waals surface area contributed by atoms with Crippen molar-refractivity contribution >= 4 is 49.3 Å². The van der Waals surface area contributed by atoms with Gasteiger partial charge in [0.2, 0.25) is 0 Å². The number of aromatic nitrogens is 2. The topological polar surface area (TPSA) is 45.7 Å². The third-order valence-electron chi connectivity index (χ3n) is 10.6. The number of nitrogens with one attached hydrogen (secondary N) is 2. The molecule has 55 heavy (non-hydrogen) atoms. The average molecular weight is 705 g/mol. The molecule has 0 aliphatic carbocycles. The lowest BCUT2D eigenvalue weighted by Crippen LogP contribution is -2.08. The first-order chi connectivity index (χ1) is 27.2. The standard InChI is InChI=1S/C51H36N4/c52-47(41-15-11-14-38(32-41)37-24-22-36(23-25-37)35-12-3-1-4-13-35)30-31-53-55-50-21-10-8-18-43(50)45-28-26-40(34-51(45)55)39-27-29-49-46(33-39)44-19-7-9-20-48(44)54(49)42-16-5-2-6-17-42/h1-34,52-53H/b31-30-,52-47?. The number of nitrogens with zero attached hydrogens (tertiary/aromatic N) is 2. The van der Waals surface area contributed by atoms with E-state index in [1.807, 2.05) is 30.5 Å². The Hall–Kier alpha value is -7.43. The van der Waals surface area contributed by atoms with E-state index in [1.54, 1.807) is 0 Å². The van der Waals surface area contributed by atoms with Crippen molar-refractivity contribution in [1.82, 2.24) is 9.24 Å². The Bertz CT molecular complexity index is 3060. The predicted octanol–water partition coefficient (Wildman–Crippen LogP) is 13.0. The van der Waals surface area contributed by atoms with Crippen molar-refractivity contribution in [2.24, 2.45) is 0 Å². The number of para-hydroxylation sites is 3. The molecule has 0 fully saturated rings. The summed E-state index contributed by atoms with van der Waals surface area (Å²) >= 11 is 0. The van der Waals surface area contributed by atoms with Gasteiger partial charge in [-0.1, -0.05) is 146 Å². The predicted molar refractivity (Wildman–Crippen MR) is 232 cm³/mol. The van der Waals surface area contributed by atoms with Gasteiger partial charge in [-0.25, -0.2) is 0 Å². The molecular weight excluding hydrogens is 669 g/mol. The van der Waals surface area contributed by atoms with Crippen molar-refractivity contribution in [2.45, 2.75) is 0 Å². The van der Waals surface area contributed by atoms with Crippen molar-refractivity contribution in [2.75, 3.05) is 5.43 Å². The first kappa shape index (κ1) is 32.2. The smallest absolute Gasteiger partial charge is 0.0715 e. The van der Waals surface area contributed by atoms with Crippen LogP contribution in [0.1, 0.15) is 5.56 Å². The Balaban J connectivity index is 0.966. The maximum absolute atomic E-state index is 8.98. The van der Waals surface area contributed by atoms with Crippen LogP contribution in [-0.4, -0.2) is 15.0 Å². The number of fused-ring (bicyclic) bond motifs is 6. The molecule has 2 aromatic heterocycles. The van der Waals surface area contributed by atoms with Gasteiger partial charge in [0, 0.05) is 39.0 Å². The van der Waals surface area contributed by atoms with E-state index in [1.165, 1.54) is 43.7 Å². The molecule has 0 saturated carbocycles. The van der Waals surface area contributed by atoms with Gasteiger partial charge in [-0.2, -0.15) is 0 Å². The molecule has 4 heteroatoms. The molecule has 0 amide bonds. The molecule has 10 rings (SSSR count). The van der Waals surface area contributed by atoms with Gasteiger partial charge in [0.15, 0.2) is 0 Å². The number of hydrogen-bond donors (Lipinski definition) is 2. The van der Waals surface area contributed by atoms with Crippen molar-refractivity contribution < 1.29 is 0 Å². The highest BCUT2D eigenvalue weighted by molar-refractivity contribution is 6.12. The highest BCUT2D eigenvalue weighted by Gasteiger charge is 2.15. The molecule has 0 aliphatic heterocycles. The molecule has 0 unspecified atom stereocenters. The molecule has 0 saturated heterocycles. The molecular formula is C51H36N4. The Morgan fingerprint density at radius 1 is 0.400 bits per heavy atom. The summed E-state index contributed by atoms with van der Waals surface area (Å²) in [6, 6.07) is 68.5. The first-order valence-electron chi connectivity index (χ1n) is 18.6. The second-order valence-corrected chi connectivity index (χ2v) is 13.9. The van der Waals surface area contributed by atoms with Crippen LogP contribution < -0.4 is 5.43 Å². The number of rotatable bonds is 8. The fourth-order valence-electron chi connectivity index (χ4n) is 7.94. The van der Waals surface area contributed by atoms with Crippen LogP contribution in [0, 0.1) is 5.41 Å². The molecule has 4 nitrogen and oxygen atoms in total. The molecule has 0 bridgehead atoms. The summed E-state index contributed by atoms with van der Waals surface area (Å²) in [7, 11) is 0. The lowest BCUT2D eigenvalue weighted by Gasteiger charge is -2.10.